The number of benzene rings is 1. The maximum Gasteiger partial charge on any atom is 0.159 e. The molecule has 1 aliphatic heterocycles. The summed E-state index contributed by atoms with van der Waals surface area (Å²) in [6.07, 6.45) is 1.82. The van der Waals surface area contributed by atoms with E-state index >= 15 is 0 Å². The van der Waals surface area contributed by atoms with Gasteiger partial charge in [-0.25, -0.2) is 0 Å². The number of aromatic nitrogens is 2. The van der Waals surface area contributed by atoms with Gasteiger partial charge in [0.15, 0.2) is 5.82 Å². The van der Waals surface area contributed by atoms with Gasteiger partial charge in [0, 0.05) is 23.9 Å². The van der Waals surface area contributed by atoms with Gasteiger partial charge in [-0.05, 0) is 6.54 Å². The van der Waals surface area contributed by atoms with Crippen LogP contribution in [0, 0.1) is 0 Å². The number of rotatable bonds is 4. The van der Waals surface area contributed by atoms with Gasteiger partial charge in [-0.2, -0.15) is 5.10 Å². The van der Waals surface area contributed by atoms with Crippen LogP contribution in [-0.4, -0.2) is 49.1 Å². The molecule has 0 amide bonds. The number of nitrogens with one attached hydrogen (secondary N) is 1. The van der Waals surface area contributed by atoms with Crippen molar-refractivity contribution in [2.24, 2.45) is 0 Å². The van der Waals surface area contributed by atoms with Crippen molar-refractivity contribution in [1.29, 1.82) is 0 Å². The van der Waals surface area contributed by atoms with Gasteiger partial charge in [-0.1, -0.05) is 31.2 Å². The Hall–Kier alpha value is -1.72. The van der Waals surface area contributed by atoms with Crippen LogP contribution < -0.4 is 10.2 Å². The van der Waals surface area contributed by atoms with E-state index in [1.54, 1.807) is 0 Å². The number of morpholine rings is 1. The van der Waals surface area contributed by atoms with Crippen molar-refractivity contribution in [2.45, 2.75) is 13.0 Å². The molecule has 20 heavy (non-hydrogen) atoms. The largest absolute Gasteiger partial charge is 0.377 e. The summed E-state index contributed by atoms with van der Waals surface area (Å²) < 4.78 is 5.61. The Morgan fingerprint density at radius 1 is 1.40 bits per heavy atom. The third kappa shape index (κ3) is 2.59. The molecule has 0 saturated carbocycles. The first-order valence-electron chi connectivity index (χ1n) is 7.15. The third-order valence-electron chi connectivity index (χ3n) is 3.68. The molecule has 1 aromatic heterocycles. The summed E-state index contributed by atoms with van der Waals surface area (Å²) in [5, 5.41) is 14.2. The summed E-state index contributed by atoms with van der Waals surface area (Å²) in [5.41, 5.74) is 0. The Balaban J connectivity index is 1.95. The van der Waals surface area contributed by atoms with E-state index in [2.05, 4.69) is 39.5 Å². The van der Waals surface area contributed by atoms with Gasteiger partial charge in [-0.15, -0.1) is 5.10 Å². The smallest absolute Gasteiger partial charge is 0.159 e. The average molecular weight is 272 g/mol. The first-order chi connectivity index (χ1) is 9.90. The van der Waals surface area contributed by atoms with Crippen LogP contribution in [-0.2, 0) is 4.74 Å². The molecule has 3 rings (SSSR count). The van der Waals surface area contributed by atoms with Gasteiger partial charge in [0.2, 0.25) is 0 Å². The number of hydrogen-bond donors (Lipinski definition) is 1. The van der Waals surface area contributed by atoms with Crippen molar-refractivity contribution in [2.75, 3.05) is 37.7 Å². The molecule has 0 spiro atoms. The van der Waals surface area contributed by atoms with E-state index in [-0.39, 0.29) is 0 Å². The van der Waals surface area contributed by atoms with Crippen molar-refractivity contribution in [3.63, 3.8) is 0 Å². The van der Waals surface area contributed by atoms with Crippen molar-refractivity contribution in [3.05, 3.63) is 30.5 Å². The maximum atomic E-state index is 5.61. The monoisotopic (exact) mass is 272 g/mol. The van der Waals surface area contributed by atoms with E-state index in [4.69, 9.17) is 4.74 Å². The lowest BCUT2D eigenvalue weighted by Crippen LogP contribution is -2.51. The van der Waals surface area contributed by atoms with E-state index in [0.29, 0.717) is 6.04 Å². The highest BCUT2D eigenvalue weighted by Crippen LogP contribution is 2.25. The first kappa shape index (κ1) is 13.3. The van der Waals surface area contributed by atoms with Crippen molar-refractivity contribution < 1.29 is 4.74 Å². The molecule has 1 aromatic carbocycles. The number of nitrogens with zero attached hydrogens (tertiary/aromatic N) is 3. The second-order valence-electron chi connectivity index (χ2n) is 4.99. The SMILES string of the molecule is CCNCC1COCCN1c1nncc2ccccc12. The van der Waals surface area contributed by atoms with Gasteiger partial charge < -0.3 is 15.0 Å². The van der Waals surface area contributed by atoms with Gasteiger partial charge >= 0.3 is 0 Å². The highest BCUT2D eigenvalue weighted by atomic mass is 16.5. The Morgan fingerprint density at radius 3 is 3.20 bits per heavy atom. The molecular weight excluding hydrogens is 252 g/mol. The molecule has 1 aliphatic rings. The van der Waals surface area contributed by atoms with Crippen LogP contribution in [0.4, 0.5) is 5.82 Å². The van der Waals surface area contributed by atoms with Gasteiger partial charge in [0.05, 0.1) is 25.5 Å². The fourth-order valence-corrected chi connectivity index (χ4v) is 2.64. The van der Waals surface area contributed by atoms with Crippen LogP contribution in [0.2, 0.25) is 0 Å². The van der Waals surface area contributed by atoms with E-state index in [0.717, 1.165) is 49.4 Å². The van der Waals surface area contributed by atoms with Crippen molar-refractivity contribution in [3.8, 4) is 0 Å². The summed E-state index contributed by atoms with van der Waals surface area (Å²) in [4.78, 5) is 2.32. The lowest BCUT2D eigenvalue weighted by Gasteiger charge is -2.36. The summed E-state index contributed by atoms with van der Waals surface area (Å²) in [6, 6.07) is 8.58. The molecule has 1 fully saturated rings. The second kappa shape index (κ2) is 6.15. The summed E-state index contributed by atoms with van der Waals surface area (Å²) in [6.45, 7) is 6.32. The molecule has 1 atom stereocenters. The maximum absolute atomic E-state index is 5.61. The van der Waals surface area contributed by atoms with Crippen LogP contribution in [0.25, 0.3) is 10.8 Å². The normalized spacial score (nSPS) is 19.4. The topological polar surface area (TPSA) is 50.3 Å². The number of anilines is 1. The molecule has 1 unspecified atom stereocenters. The predicted molar refractivity (Wildman–Crippen MR) is 80.0 cm³/mol. The minimum atomic E-state index is 0.309. The molecule has 0 bridgehead atoms. The lowest BCUT2D eigenvalue weighted by molar-refractivity contribution is 0.0936. The van der Waals surface area contributed by atoms with E-state index in [1.807, 2.05) is 18.3 Å². The molecule has 2 heterocycles. The van der Waals surface area contributed by atoms with Gasteiger partial charge in [-0.3, -0.25) is 0 Å². The molecule has 2 aromatic rings. The second-order valence-corrected chi connectivity index (χ2v) is 4.99. The summed E-state index contributed by atoms with van der Waals surface area (Å²) in [5.74, 6) is 0.967. The molecule has 1 N–H and O–H groups in total. The zero-order chi connectivity index (χ0) is 13.8. The summed E-state index contributed by atoms with van der Waals surface area (Å²) in [7, 11) is 0. The number of ether oxygens (including phenoxy) is 1. The minimum Gasteiger partial charge on any atom is -0.377 e. The molecule has 0 aliphatic carbocycles. The van der Waals surface area contributed by atoms with Gasteiger partial charge in [0.1, 0.15) is 0 Å². The lowest BCUT2D eigenvalue weighted by atomic mass is 10.1. The first-order valence-corrected chi connectivity index (χ1v) is 7.15. The van der Waals surface area contributed by atoms with Crippen molar-refractivity contribution in [1.82, 2.24) is 15.5 Å². The van der Waals surface area contributed by atoms with Gasteiger partial charge in [0.25, 0.3) is 0 Å². The number of fused-ring (bicyclic) bond motifs is 1. The fourth-order valence-electron chi connectivity index (χ4n) is 2.64. The molecule has 5 nitrogen and oxygen atoms in total. The Morgan fingerprint density at radius 2 is 2.30 bits per heavy atom. The average Bonchev–Trinajstić information content (AvgIpc) is 2.53. The molecule has 106 valence electrons. The van der Waals surface area contributed by atoms with E-state index in [9.17, 15) is 0 Å². The van der Waals surface area contributed by atoms with Crippen LogP contribution in [0.3, 0.4) is 0 Å². The van der Waals surface area contributed by atoms with Crippen LogP contribution in [0.1, 0.15) is 6.92 Å². The van der Waals surface area contributed by atoms with Crippen LogP contribution >= 0.6 is 0 Å². The highest BCUT2D eigenvalue weighted by molar-refractivity contribution is 5.91. The Bertz CT molecular complexity index is 569. The third-order valence-corrected chi connectivity index (χ3v) is 3.68. The van der Waals surface area contributed by atoms with Crippen LogP contribution in [0.5, 0.6) is 0 Å². The molecule has 0 radical (unpaired) electrons. The number of likely N-dealkylation sites (N-methyl/N-ethyl adjacent to an activating group) is 1. The Labute approximate surface area is 118 Å². The highest BCUT2D eigenvalue weighted by Gasteiger charge is 2.25. The zero-order valence-corrected chi connectivity index (χ0v) is 11.7. The van der Waals surface area contributed by atoms with Crippen molar-refractivity contribution >= 4 is 16.6 Å². The standard InChI is InChI=1S/C15H20N4O/c1-2-16-10-13-11-20-8-7-19(13)15-14-6-4-3-5-12(14)9-17-18-15/h3-6,9,13,16H,2,7-8,10-11H2,1H3. The van der Waals surface area contributed by atoms with E-state index < -0.39 is 0 Å². The van der Waals surface area contributed by atoms with Crippen LogP contribution in [0.15, 0.2) is 30.5 Å². The quantitative estimate of drug-likeness (QED) is 0.913. The Kier molecular flexibility index (Phi) is 4.08. The molecule has 5 heteroatoms. The summed E-state index contributed by atoms with van der Waals surface area (Å²) >= 11 is 0. The predicted octanol–water partition coefficient (Wildman–Crippen LogP) is 1.44. The fraction of sp³-hybridized carbons (Fsp3) is 0.467. The zero-order valence-electron chi connectivity index (χ0n) is 11.7. The minimum absolute atomic E-state index is 0.309. The number of hydrogen-bond acceptors (Lipinski definition) is 5. The molecule has 1 saturated heterocycles. The van der Waals surface area contributed by atoms with E-state index in [1.165, 1.54) is 0 Å². The molecular formula is C15H20N4O.